The van der Waals surface area contributed by atoms with E-state index in [-0.39, 0.29) is 28.8 Å². The Kier molecular flexibility index (Phi) is 7.86. The number of sulfone groups is 1. The summed E-state index contributed by atoms with van der Waals surface area (Å²) in [4.78, 5) is 14.1. The Morgan fingerprint density at radius 2 is 1.91 bits per heavy atom. The van der Waals surface area contributed by atoms with Crippen molar-refractivity contribution < 1.29 is 22.8 Å². The fourth-order valence-corrected chi connectivity index (χ4v) is 2.77. The van der Waals surface area contributed by atoms with Crippen molar-refractivity contribution in [1.29, 1.82) is 0 Å². The third kappa shape index (κ3) is 6.08. The molecule has 9 nitrogen and oxygen atoms in total. The molecule has 1 rings (SSSR count). The zero-order valence-corrected chi connectivity index (χ0v) is 14.0. The van der Waals surface area contributed by atoms with Gasteiger partial charge in [0.25, 0.3) is 0 Å². The van der Waals surface area contributed by atoms with Crippen LogP contribution in [0.3, 0.4) is 0 Å². The summed E-state index contributed by atoms with van der Waals surface area (Å²) in [5, 5.41) is 13.9. The highest BCUT2D eigenvalue weighted by Gasteiger charge is 2.22. The average molecular weight is 347 g/mol. The molecule has 23 heavy (non-hydrogen) atoms. The lowest BCUT2D eigenvalue weighted by molar-refractivity contribution is -0.384. The molecule has 1 heterocycles. The second kappa shape index (κ2) is 9.38. The van der Waals surface area contributed by atoms with Crippen molar-refractivity contribution >= 4 is 21.3 Å². The molecule has 0 unspecified atom stereocenters. The van der Waals surface area contributed by atoms with Crippen LogP contribution in [0.15, 0.2) is 17.2 Å². The number of nitro groups is 1. The van der Waals surface area contributed by atoms with Crippen LogP contribution in [0, 0.1) is 10.1 Å². The fraction of sp³-hybridized carbons (Fsp3) is 0.615. The topological polar surface area (TPSA) is 121 Å². The molecule has 0 bridgehead atoms. The molecule has 0 spiro atoms. The minimum Gasteiger partial charge on any atom is -0.381 e. The Balaban J connectivity index is 2.92. The van der Waals surface area contributed by atoms with Gasteiger partial charge < -0.3 is 14.8 Å². The maximum Gasteiger partial charge on any atom is 0.312 e. The zero-order chi connectivity index (χ0) is 17.3. The van der Waals surface area contributed by atoms with Crippen LogP contribution in [0.25, 0.3) is 0 Å². The molecule has 1 aromatic heterocycles. The number of aromatic nitrogens is 1. The Labute approximate surface area is 135 Å². The first-order valence-corrected chi connectivity index (χ1v) is 8.84. The Morgan fingerprint density at radius 1 is 1.26 bits per heavy atom. The van der Waals surface area contributed by atoms with Crippen LogP contribution in [0.1, 0.15) is 13.8 Å². The van der Waals surface area contributed by atoms with Crippen molar-refractivity contribution in [3.63, 3.8) is 0 Å². The van der Waals surface area contributed by atoms with E-state index in [1.807, 2.05) is 6.92 Å². The molecule has 130 valence electrons. The molecule has 0 saturated carbocycles. The molecule has 0 atom stereocenters. The van der Waals surface area contributed by atoms with Crippen molar-refractivity contribution in [2.75, 3.05) is 44.0 Å². The SMILES string of the molecule is CCOCCNc1ncc(S(=O)(=O)CCOCC)cc1[N+](=O)[O-]. The molecule has 0 saturated heterocycles. The third-order valence-electron chi connectivity index (χ3n) is 2.84. The smallest absolute Gasteiger partial charge is 0.312 e. The maximum atomic E-state index is 12.1. The molecular formula is C13H21N3O6S. The van der Waals surface area contributed by atoms with Gasteiger partial charge >= 0.3 is 5.69 Å². The summed E-state index contributed by atoms with van der Waals surface area (Å²) < 4.78 is 34.3. The first-order chi connectivity index (χ1) is 10.9. The number of hydrogen-bond donors (Lipinski definition) is 1. The quantitative estimate of drug-likeness (QED) is 0.361. The molecule has 0 amide bonds. The summed E-state index contributed by atoms with van der Waals surface area (Å²) in [5.74, 6) is -0.241. The van der Waals surface area contributed by atoms with E-state index in [1.54, 1.807) is 6.92 Å². The monoisotopic (exact) mass is 347 g/mol. The number of nitrogens with zero attached hydrogens (tertiary/aromatic N) is 2. The molecule has 0 aliphatic heterocycles. The van der Waals surface area contributed by atoms with Gasteiger partial charge in [0, 0.05) is 32.0 Å². The van der Waals surface area contributed by atoms with E-state index in [0.717, 1.165) is 12.3 Å². The maximum absolute atomic E-state index is 12.1. The largest absolute Gasteiger partial charge is 0.381 e. The van der Waals surface area contributed by atoms with E-state index >= 15 is 0 Å². The van der Waals surface area contributed by atoms with Gasteiger partial charge in [0.05, 0.1) is 28.8 Å². The average Bonchev–Trinajstić information content (AvgIpc) is 2.51. The van der Waals surface area contributed by atoms with E-state index in [2.05, 4.69) is 10.3 Å². The summed E-state index contributed by atoms with van der Waals surface area (Å²) in [6.45, 7) is 5.25. The summed E-state index contributed by atoms with van der Waals surface area (Å²) in [7, 11) is -3.68. The predicted molar refractivity (Wildman–Crippen MR) is 84.4 cm³/mol. The summed E-state index contributed by atoms with van der Waals surface area (Å²) in [6.07, 6.45) is 1.11. The van der Waals surface area contributed by atoms with Gasteiger partial charge in [-0.3, -0.25) is 10.1 Å². The van der Waals surface area contributed by atoms with Crippen LogP contribution in [0.4, 0.5) is 11.5 Å². The van der Waals surface area contributed by atoms with Crippen LogP contribution < -0.4 is 5.32 Å². The van der Waals surface area contributed by atoms with Gasteiger partial charge in [0.2, 0.25) is 5.82 Å². The minimum absolute atomic E-state index is 0.0125. The lowest BCUT2D eigenvalue weighted by atomic mass is 10.4. The first-order valence-electron chi connectivity index (χ1n) is 7.19. The van der Waals surface area contributed by atoms with Gasteiger partial charge in [-0.05, 0) is 13.8 Å². The highest BCUT2D eigenvalue weighted by Crippen LogP contribution is 2.25. The minimum atomic E-state index is -3.68. The van der Waals surface area contributed by atoms with Crippen molar-refractivity contribution in [3.05, 3.63) is 22.4 Å². The van der Waals surface area contributed by atoms with Crippen LogP contribution in [0.2, 0.25) is 0 Å². The number of nitrogens with one attached hydrogen (secondary N) is 1. The number of ether oxygens (including phenoxy) is 2. The van der Waals surface area contributed by atoms with Gasteiger partial charge in [-0.25, -0.2) is 13.4 Å². The molecule has 0 aromatic carbocycles. The highest BCUT2D eigenvalue weighted by molar-refractivity contribution is 7.91. The van der Waals surface area contributed by atoms with Gasteiger partial charge in [-0.15, -0.1) is 0 Å². The van der Waals surface area contributed by atoms with Crippen molar-refractivity contribution in [1.82, 2.24) is 4.98 Å². The van der Waals surface area contributed by atoms with E-state index in [1.165, 1.54) is 0 Å². The molecule has 0 fully saturated rings. The van der Waals surface area contributed by atoms with Crippen LogP contribution >= 0.6 is 0 Å². The van der Waals surface area contributed by atoms with Gasteiger partial charge in [-0.1, -0.05) is 0 Å². The third-order valence-corrected chi connectivity index (χ3v) is 4.49. The molecule has 1 aromatic rings. The van der Waals surface area contributed by atoms with Gasteiger partial charge in [0.15, 0.2) is 9.84 Å². The highest BCUT2D eigenvalue weighted by atomic mass is 32.2. The Bertz CT molecular complexity index is 620. The van der Waals surface area contributed by atoms with Gasteiger partial charge in [0.1, 0.15) is 0 Å². The van der Waals surface area contributed by atoms with E-state index in [9.17, 15) is 18.5 Å². The Morgan fingerprint density at radius 3 is 2.52 bits per heavy atom. The normalized spacial score (nSPS) is 11.4. The van der Waals surface area contributed by atoms with E-state index in [4.69, 9.17) is 9.47 Å². The number of pyridine rings is 1. The standard InChI is InChI=1S/C13H21N3O6S/c1-3-21-6-5-14-13-12(16(17)18)9-11(10-15-13)23(19,20)8-7-22-4-2/h9-10H,3-8H2,1-2H3,(H,14,15). The molecule has 1 N–H and O–H groups in total. The van der Waals surface area contributed by atoms with E-state index in [0.29, 0.717) is 26.4 Å². The van der Waals surface area contributed by atoms with Crippen LogP contribution in [-0.2, 0) is 19.3 Å². The molecule has 0 aliphatic rings. The summed E-state index contributed by atoms with van der Waals surface area (Å²) in [5.41, 5.74) is -0.390. The lowest BCUT2D eigenvalue weighted by Gasteiger charge is -2.08. The van der Waals surface area contributed by atoms with Gasteiger partial charge in [-0.2, -0.15) is 0 Å². The molecule has 0 aliphatic carbocycles. The number of rotatable bonds is 11. The molecule has 0 radical (unpaired) electrons. The predicted octanol–water partition coefficient (Wildman–Crippen LogP) is 1.25. The fourth-order valence-electron chi connectivity index (χ4n) is 1.70. The van der Waals surface area contributed by atoms with Crippen LogP contribution in [-0.4, -0.2) is 57.1 Å². The summed E-state index contributed by atoms with van der Waals surface area (Å²) >= 11 is 0. The zero-order valence-electron chi connectivity index (χ0n) is 13.1. The second-order valence-corrected chi connectivity index (χ2v) is 6.54. The molecule has 10 heteroatoms. The number of hydrogen-bond acceptors (Lipinski definition) is 8. The Hall–Kier alpha value is -1.78. The van der Waals surface area contributed by atoms with Crippen LogP contribution in [0.5, 0.6) is 0 Å². The van der Waals surface area contributed by atoms with E-state index < -0.39 is 14.8 Å². The summed E-state index contributed by atoms with van der Waals surface area (Å²) in [6, 6.07) is 1.01. The van der Waals surface area contributed by atoms with Crippen molar-refractivity contribution in [2.24, 2.45) is 0 Å². The second-order valence-electron chi connectivity index (χ2n) is 4.44. The van der Waals surface area contributed by atoms with Crippen molar-refractivity contribution in [3.8, 4) is 0 Å². The lowest BCUT2D eigenvalue weighted by Crippen LogP contribution is -2.15. The first kappa shape index (κ1) is 19.3. The number of anilines is 1. The van der Waals surface area contributed by atoms with Crippen molar-refractivity contribution in [2.45, 2.75) is 18.7 Å². The molecular weight excluding hydrogens is 326 g/mol.